The molecule has 0 spiro atoms. The number of hydrogen-bond acceptors (Lipinski definition) is 9. The molecule has 12 heteroatoms. The number of aliphatic carboxylic acids is 1. The monoisotopic (exact) mass is 383 g/mol. The van der Waals surface area contributed by atoms with E-state index in [9.17, 15) is 19.5 Å². The van der Waals surface area contributed by atoms with Gasteiger partial charge in [-0.25, -0.2) is 9.78 Å². The van der Waals surface area contributed by atoms with Crippen LogP contribution in [0.3, 0.4) is 0 Å². The molecule has 0 unspecified atom stereocenters. The molecular formula is C13H13N5O5S2. The van der Waals surface area contributed by atoms with Crippen molar-refractivity contribution in [2.45, 2.75) is 10.9 Å². The number of carboxylic acids is 1. The number of amides is 2. The first kappa shape index (κ1) is 17.2. The summed E-state index contributed by atoms with van der Waals surface area (Å²) in [5.41, 5.74) is 3.34. The minimum absolute atomic E-state index is 0.127. The Morgan fingerprint density at radius 2 is 2.36 bits per heavy atom. The van der Waals surface area contributed by atoms with Gasteiger partial charge in [0.05, 0.1) is 0 Å². The summed E-state index contributed by atoms with van der Waals surface area (Å²) in [7, 11) is 1.23. The van der Waals surface area contributed by atoms with E-state index < -0.39 is 28.7 Å². The predicted molar refractivity (Wildman–Crippen MR) is 90.8 cm³/mol. The number of thiazole rings is 1. The standard InChI is InChI=1S/C13H13N5O5S2/c1-23-17-7(6-5-25-12(14)15-6)8(19)16-13(11(21)22)9(20)18-3-2-4-24-10(13)18/h2-3,5,10H,4H2,1H3,(H2,14,15)(H,16,19)(H,21,22)/b17-7-/t10-,13+/m0/s1. The highest BCUT2D eigenvalue weighted by Crippen LogP contribution is 2.41. The van der Waals surface area contributed by atoms with E-state index in [1.807, 2.05) is 0 Å². The fraction of sp³-hybridized carbons (Fsp3) is 0.308. The maximum atomic E-state index is 12.6. The lowest BCUT2D eigenvalue weighted by Crippen LogP contribution is -2.82. The van der Waals surface area contributed by atoms with E-state index >= 15 is 0 Å². The maximum Gasteiger partial charge on any atom is 0.342 e. The average Bonchev–Trinajstić information content (AvgIpc) is 3.02. The molecule has 2 aliphatic heterocycles. The van der Waals surface area contributed by atoms with Gasteiger partial charge in [-0.3, -0.25) is 9.59 Å². The molecule has 0 aliphatic carbocycles. The van der Waals surface area contributed by atoms with Crippen LogP contribution in [0.25, 0.3) is 0 Å². The summed E-state index contributed by atoms with van der Waals surface area (Å²) in [6.07, 6.45) is 3.25. The largest absolute Gasteiger partial charge is 0.479 e. The first-order valence-electron chi connectivity index (χ1n) is 6.91. The van der Waals surface area contributed by atoms with Crippen molar-refractivity contribution in [3.8, 4) is 0 Å². The first-order chi connectivity index (χ1) is 11.9. The second-order valence-corrected chi connectivity index (χ2v) is 7.05. The molecule has 2 amide bonds. The Hall–Kier alpha value is -2.60. The number of carboxylic acid groups (broad SMARTS) is 1. The predicted octanol–water partition coefficient (Wildman–Crippen LogP) is -0.556. The molecule has 3 heterocycles. The van der Waals surface area contributed by atoms with E-state index in [0.717, 1.165) is 11.3 Å². The topological polar surface area (TPSA) is 147 Å². The van der Waals surface area contributed by atoms with Crippen LogP contribution < -0.4 is 11.1 Å². The van der Waals surface area contributed by atoms with Gasteiger partial charge >= 0.3 is 5.97 Å². The Labute approximate surface area is 149 Å². The van der Waals surface area contributed by atoms with Crippen molar-refractivity contribution in [1.29, 1.82) is 0 Å². The fourth-order valence-electron chi connectivity index (χ4n) is 2.51. The van der Waals surface area contributed by atoms with Crippen molar-refractivity contribution < 1.29 is 24.3 Å². The smallest absolute Gasteiger partial charge is 0.342 e. The van der Waals surface area contributed by atoms with Gasteiger partial charge in [-0.1, -0.05) is 11.2 Å². The van der Waals surface area contributed by atoms with Crippen molar-refractivity contribution >= 4 is 51.7 Å². The van der Waals surface area contributed by atoms with Crippen LogP contribution in [-0.2, 0) is 19.2 Å². The van der Waals surface area contributed by atoms with Gasteiger partial charge in [0.15, 0.2) is 10.8 Å². The number of carbonyl (C=O) groups excluding carboxylic acids is 2. The van der Waals surface area contributed by atoms with Crippen LogP contribution in [0, 0.1) is 0 Å². The minimum Gasteiger partial charge on any atom is -0.479 e. The van der Waals surface area contributed by atoms with E-state index in [1.54, 1.807) is 6.08 Å². The van der Waals surface area contributed by atoms with Crippen LogP contribution in [-0.4, -0.2) is 62.3 Å². The summed E-state index contributed by atoms with van der Waals surface area (Å²) < 4.78 is 0. The summed E-state index contributed by atoms with van der Waals surface area (Å²) in [6.45, 7) is 0. The van der Waals surface area contributed by atoms with Gasteiger partial charge in [0.25, 0.3) is 11.8 Å². The van der Waals surface area contributed by atoms with Gasteiger partial charge in [-0.05, 0) is 0 Å². The van der Waals surface area contributed by atoms with Crippen molar-refractivity contribution in [3.05, 3.63) is 23.3 Å². The van der Waals surface area contributed by atoms with Crippen molar-refractivity contribution in [2.75, 3.05) is 18.6 Å². The molecule has 0 radical (unpaired) electrons. The normalized spacial score (nSPS) is 25.2. The molecule has 4 N–H and O–H groups in total. The number of anilines is 1. The number of nitrogens with zero attached hydrogens (tertiary/aromatic N) is 3. The number of oxime groups is 1. The minimum atomic E-state index is -2.07. The molecule has 1 saturated heterocycles. The van der Waals surface area contributed by atoms with E-state index in [4.69, 9.17) is 5.73 Å². The maximum absolute atomic E-state index is 12.6. The number of thioether (sulfide) groups is 1. The van der Waals surface area contributed by atoms with Crippen LogP contribution >= 0.6 is 23.1 Å². The molecule has 0 bridgehead atoms. The number of aromatic nitrogens is 1. The molecule has 10 nitrogen and oxygen atoms in total. The molecule has 3 rings (SSSR count). The molecule has 2 atom stereocenters. The molecule has 1 aromatic heterocycles. The van der Waals surface area contributed by atoms with Crippen molar-refractivity contribution in [1.82, 2.24) is 15.2 Å². The molecular weight excluding hydrogens is 370 g/mol. The van der Waals surface area contributed by atoms with E-state index in [1.165, 1.54) is 35.4 Å². The van der Waals surface area contributed by atoms with E-state index in [-0.39, 0.29) is 16.5 Å². The third-order valence-electron chi connectivity index (χ3n) is 3.62. The van der Waals surface area contributed by atoms with Crippen LogP contribution in [0.1, 0.15) is 5.69 Å². The zero-order valence-electron chi connectivity index (χ0n) is 12.8. The second kappa shape index (κ2) is 6.37. The summed E-state index contributed by atoms with van der Waals surface area (Å²) in [6, 6.07) is 0. The Kier molecular flexibility index (Phi) is 4.39. The Morgan fingerprint density at radius 1 is 1.60 bits per heavy atom. The molecule has 1 aromatic rings. The summed E-state index contributed by atoms with van der Waals surface area (Å²) in [4.78, 5) is 46.7. The molecule has 132 valence electrons. The molecule has 25 heavy (non-hydrogen) atoms. The van der Waals surface area contributed by atoms with Crippen molar-refractivity contribution in [3.63, 3.8) is 0 Å². The van der Waals surface area contributed by atoms with Gasteiger partial charge in [-0.2, -0.15) is 0 Å². The number of nitrogens with two attached hydrogens (primary N) is 1. The van der Waals surface area contributed by atoms with E-state index in [2.05, 4.69) is 20.3 Å². The van der Waals surface area contributed by atoms with Gasteiger partial charge in [0, 0.05) is 17.3 Å². The summed E-state index contributed by atoms with van der Waals surface area (Å²) >= 11 is 2.32. The summed E-state index contributed by atoms with van der Waals surface area (Å²) in [5, 5.41) is 16.5. The third kappa shape index (κ3) is 2.62. The number of hydrogen-bond donors (Lipinski definition) is 3. The fourth-order valence-corrected chi connectivity index (χ4v) is 4.27. The number of nitrogens with one attached hydrogen (secondary N) is 1. The number of carbonyl (C=O) groups is 3. The first-order valence-corrected chi connectivity index (χ1v) is 8.84. The Balaban J connectivity index is 1.91. The van der Waals surface area contributed by atoms with Gasteiger partial charge in [0.2, 0.25) is 5.54 Å². The third-order valence-corrected chi connectivity index (χ3v) is 5.58. The van der Waals surface area contributed by atoms with Crippen LogP contribution in [0.5, 0.6) is 0 Å². The van der Waals surface area contributed by atoms with Crippen LogP contribution in [0.4, 0.5) is 5.13 Å². The van der Waals surface area contributed by atoms with Gasteiger partial charge < -0.3 is 25.9 Å². The lowest BCUT2D eigenvalue weighted by atomic mass is 9.87. The quantitative estimate of drug-likeness (QED) is 0.265. The second-order valence-electron chi connectivity index (χ2n) is 5.04. The molecule has 0 aromatic carbocycles. The number of rotatable bonds is 5. The number of β-lactam (4-membered cyclic amide) rings is 1. The van der Waals surface area contributed by atoms with Gasteiger partial charge in [0.1, 0.15) is 18.2 Å². The van der Waals surface area contributed by atoms with Crippen LogP contribution in [0.2, 0.25) is 0 Å². The SMILES string of the molecule is CO/N=C(\C(=O)N[C@]1(C(=O)O)C(=O)N2C=CCS[C@H]21)c1csc(N)n1. The molecule has 2 aliphatic rings. The Bertz CT molecular complexity index is 806. The Morgan fingerprint density at radius 3 is 2.96 bits per heavy atom. The average molecular weight is 383 g/mol. The zero-order valence-corrected chi connectivity index (χ0v) is 14.5. The highest BCUT2D eigenvalue weighted by molar-refractivity contribution is 8.00. The highest BCUT2D eigenvalue weighted by Gasteiger charge is 2.67. The lowest BCUT2D eigenvalue weighted by Gasteiger charge is -2.52. The van der Waals surface area contributed by atoms with Crippen LogP contribution in [0.15, 0.2) is 22.8 Å². The lowest BCUT2D eigenvalue weighted by molar-refractivity contribution is -0.169. The van der Waals surface area contributed by atoms with Gasteiger partial charge in [-0.15, -0.1) is 23.1 Å². The number of fused-ring (bicyclic) bond motifs is 1. The molecule has 0 saturated carbocycles. The number of nitrogen functional groups attached to an aromatic ring is 1. The highest BCUT2D eigenvalue weighted by atomic mass is 32.2. The van der Waals surface area contributed by atoms with Crippen molar-refractivity contribution in [2.24, 2.45) is 5.16 Å². The molecule has 1 fully saturated rings. The summed E-state index contributed by atoms with van der Waals surface area (Å²) in [5.74, 6) is -2.53. The zero-order chi connectivity index (χ0) is 18.2. The van der Waals surface area contributed by atoms with E-state index in [0.29, 0.717) is 5.75 Å².